The zero-order valence-electron chi connectivity index (χ0n) is 7.55. The Morgan fingerprint density at radius 2 is 1.38 bits per heavy atom. The monoisotopic (exact) mass is 314 g/mol. The van der Waals surface area contributed by atoms with E-state index < -0.39 is 21.6 Å². The lowest BCUT2D eigenvalue weighted by atomic mass is 10.3. The van der Waals surface area contributed by atoms with Crippen molar-refractivity contribution < 1.29 is 14.3 Å². The van der Waals surface area contributed by atoms with E-state index in [0.717, 1.165) is 0 Å². The Bertz CT molecular complexity index is 174. The fourth-order valence-corrected chi connectivity index (χ4v) is 0.747. The molecule has 0 amide bonds. The quantitative estimate of drug-likeness (QED) is 0.454. The lowest BCUT2D eigenvalue weighted by Gasteiger charge is -2.08. The third-order valence-electron chi connectivity index (χ3n) is 1.43. The minimum atomic E-state index is -0.523. The van der Waals surface area contributed by atoms with Crippen LogP contribution in [0.4, 0.5) is 0 Å². The van der Waals surface area contributed by atoms with E-state index in [1.165, 1.54) is 0 Å². The number of halogens is 2. The van der Waals surface area contributed by atoms with Crippen molar-refractivity contribution in [2.75, 3.05) is 0 Å². The summed E-state index contributed by atoms with van der Waals surface area (Å²) >= 11 is 6.20. The number of hydrogen-bond donors (Lipinski definition) is 0. The van der Waals surface area contributed by atoms with Crippen LogP contribution < -0.4 is 0 Å². The molecule has 13 heavy (non-hydrogen) atoms. The van der Waals surface area contributed by atoms with E-state index in [-0.39, 0.29) is 0 Å². The predicted octanol–water partition coefficient (Wildman–Crippen LogP) is 2.40. The summed E-state index contributed by atoms with van der Waals surface area (Å²) in [6.07, 6.45) is 1.20. The number of carbonyl (C=O) groups excluding carboxylic acids is 2. The Kier molecular flexibility index (Phi) is 6.59. The second kappa shape index (κ2) is 6.54. The predicted molar refractivity (Wildman–Crippen MR) is 57.1 cm³/mol. The highest BCUT2D eigenvalue weighted by Gasteiger charge is 2.21. The van der Waals surface area contributed by atoms with Crippen LogP contribution in [0.2, 0.25) is 0 Å². The molecular formula is C8H12Br2O3. The van der Waals surface area contributed by atoms with E-state index in [1.807, 2.05) is 13.8 Å². The van der Waals surface area contributed by atoms with Gasteiger partial charge in [0.2, 0.25) is 0 Å². The highest BCUT2D eigenvalue weighted by Crippen LogP contribution is 2.11. The van der Waals surface area contributed by atoms with Crippen LogP contribution in [0.25, 0.3) is 0 Å². The van der Waals surface area contributed by atoms with E-state index in [1.54, 1.807) is 0 Å². The summed E-state index contributed by atoms with van der Waals surface area (Å²) in [5.74, 6) is -1.05. The molecule has 0 N–H and O–H groups in total. The SMILES string of the molecule is CCC(Br)C(=O)OC(=O)C(Br)CC. The lowest BCUT2D eigenvalue weighted by molar-refractivity contribution is -0.158. The number of alkyl halides is 2. The van der Waals surface area contributed by atoms with Gasteiger partial charge in [-0.25, -0.2) is 0 Å². The van der Waals surface area contributed by atoms with E-state index >= 15 is 0 Å². The first-order valence-electron chi connectivity index (χ1n) is 4.06. The molecule has 0 saturated carbocycles. The van der Waals surface area contributed by atoms with Gasteiger partial charge in [0, 0.05) is 0 Å². The second-order valence-electron chi connectivity index (χ2n) is 2.49. The van der Waals surface area contributed by atoms with Gasteiger partial charge in [-0.1, -0.05) is 45.7 Å². The molecule has 76 valence electrons. The number of esters is 2. The van der Waals surface area contributed by atoms with Gasteiger partial charge in [-0.3, -0.25) is 9.59 Å². The molecular weight excluding hydrogens is 304 g/mol. The molecule has 0 rings (SSSR count). The highest BCUT2D eigenvalue weighted by molar-refractivity contribution is 9.10. The number of rotatable bonds is 4. The van der Waals surface area contributed by atoms with Gasteiger partial charge < -0.3 is 4.74 Å². The molecule has 0 aliphatic heterocycles. The first kappa shape index (κ1) is 13.1. The first-order chi connectivity index (χ1) is 6.02. The van der Waals surface area contributed by atoms with E-state index in [4.69, 9.17) is 0 Å². The summed E-state index contributed by atoms with van der Waals surface area (Å²) in [5, 5.41) is 0. The van der Waals surface area contributed by atoms with Crippen molar-refractivity contribution >= 4 is 43.8 Å². The Hall–Kier alpha value is 0.1000. The van der Waals surface area contributed by atoms with Crippen molar-refractivity contribution in [3.63, 3.8) is 0 Å². The Morgan fingerprint density at radius 1 is 1.08 bits per heavy atom. The average Bonchev–Trinajstić information content (AvgIpc) is 2.14. The summed E-state index contributed by atoms with van der Waals surface area (Å²) in [5.41, 5.74) is 0. The number of hydrogen-bond acceptors (Lipinski definition) is 3. The topological polar surface area (TPSA) is 43.4 Å². The summed E-state index contributed by atoms with van der Waals surface area (Å²) in [4.78, 5) is 21.4. The van der Waals surface area contributed by atoms with Crippen LogP contribution in [-0.4, -0.2) is 21.6 Å². The van der Waals surface area contributed by atoms with E-state index in [9.17, 15) is 9.59 Å². The van der Waals surface area contributed by atoms with Gasteiger partial charge in [0.05, 0.1) is 0 Å². The molecule has 5 heteroatoms. The molecule has 0 spiro atoms. The summed E-state index contributed by atoms with van der Waals surface area (Å²) in [6.45, 7) is 3.66. The maximum Gasteiger partial charge on any atom is 0.327 e. The number of ether oxygens (including phenoxy) is 1. The fraction of sp³-hybridized carbons (Fsp3) is 0.750. The van der Waals surface area contributed by atoms with Crippen LogP contribution in [0.5, 0.6) is 0 Å². The lowest BCUT2D eigenvalue weighted by Crippen LogP contribution is -2.25. The fourth-order valence-electron chi connectivity index (χ4n) is 0.560. The third kappa shape index (κ3) is 4.76. The van der Waals surface area contributed by atoms with E-state index in [0.29, 0.717) is 12.8 Å². The number of carbonyl (C=O) groups is 2. The van der Waals surface area contributed by atoms with Crippen molar-refractivity contribution in [1.82, 2.24) is 0 Å². The summed E-state index contributed by atoms with van der Waals surface area (Å²) in [6, 6.07) is 0. The molecule has 0 radical (unpaired) electrons. The maximum atomic E-state index is 11.1. The Labute approximate surface area is 94.5 Å². The zero-order valence-corrected chi connectivity index (χ0v) is 10.7. The molecule has 0 aromatic carbocycles. The first-order valence-corrected chi connectivity index (χ1v) is 5.89. The standard InChI is InChI=1S/C8H12Br2O3/c1-3-5(9)7(11)13-8(12)6(10)4-2/h5-6H,3-4H2,1-2H3. The smallest absolute Gasteiger partial charge is 0.327 e. The average molecular weight is 316 g/mol. The highest BCUT2D eigenvalue weighted by atomic mass is 79.9. The van der Waals surface area contributed by atoms with Crippen LogP contribution in [0, 0.1) is 0 Å². The van der Waals surface area contributed by atoms with Crippen LogP contribution in [-0.2, 0) is 14.3 Å². The van der Waals surface area contributed by atoms with Gasteiger partial charge in [-0.15, -0.1) is 0 Å². The Morgan fingerprint density at radius 3 is 1.62 bits per heavy atom. The molecule has 0 aromatic heterocycles. The molecule has 2 unspecified atom stereocenters. The minimum absolute atomic E-state index is 0.395. The van der Waals surface area contributed by atoms with Crippen LogP contribution in [0.3, 0.4) is 0 Å². The maximum absolute atomic E-state index is 11.1. The van der Waals surface area contributed by atoms with Crippen molar-refractivity contribution in [3.05, 3.63) is 0 Å². The van der Waals surface area contributed by atoms with Crippen molar-refractivity contribution in [2.24, 2.45) is 0 Å². The van der Waals surface area contributed by atoms with Crippen molar-refractivity contribution in [1.29, 1.82) is 0 Å². The van der Waals surface area contributed by atoms with Crippen molar-refractivity contribution in [2.45, 2.75) is 36.3 Å². The molecule has 0 heterocycles. The summed E-state index contributed by atoms with van der Waals surface area (Å²) in [7, 11) is 0. The van der Waals surface area contributed by atoms with Gasteiger partial charge in [-0.05, 0) is 12.8 Å². The second-order valence-corrected chi connectivity index (χ2v) is 4.70. The normalized spacial score (nSPS) is 14.8. The van der Waals surface area contributed by atoms with Gasteiger partial charge in [0.1, 0.15) is 9.65 Å². The minimum Gasteiger partial charge on any atom is -0.391 e. The molecule has 0 fully saturated rings. The molecule has 0 aliphatic rings. The summed E-state index contributed by atoms with van der Waals surface area (Å²) < 4.78 is 4.58. The third-order valence-corrected chi connectivity index (χ3v) is 3.47. The Balaban J connectivity index is 3.99. The molecule has 0 aliphatic carbocycles. The van der Waals surface area contributed by atoms with Crippen LogP contribution >= 0.6 is 31.9 Å². The molecule has 0 aromatic rings. The largest absolute Gasteiger partial charge is 0.391 e. The van der Waals surface area contributed by atoms with Gasteiger partial charge >= 0.3 is 11.9 Å². The van der Waals surface area contributed by atoms with Gasteiger partial charge in [-0.2, -0.15) is 0 Å². The van der Waals surface area contributed by atoms with Gasteiger partial charge in [0.15, 0.2) is 0 Å². The van der Waals surface area contributed by atoms with Crippen molar-refractivity contribution in [3.8, 4) is 0 Å². The molecule has 0 saturated heterocycles. The van der Waals surface area contributed by atoms with E-state index in [2.05, 4.69) is 36.6 Å². The molecule has 3 nitrogen and oxygen atoms in total. The molecule has 2 atom stereocenters. The van der Waals surface area contributed by atoms with Gasteiger partial charge in [0.25, 0.3) is 0 Å². The zero-order chi connectivity index (χ0) is 10.4. The van der Waals surface area contributed by atoms with Crippen LogP contribution in [0.1, 0.15) is 26.7 Å². The molecule has 0 bridgehead atoms. The van der Waals surface area contributed by atoms with Crippen LogP contribution in [0.15, 0.2) is 0 Å².